The Morgan fingerprint density at radius 3 is 2.79 bits per heavy atom. The summed E-state index contributed by atoms with van der Waals surface area (Å²) in [5.74, 6) is 0.0200. The third-order valence-electron chi connectivity index (χ3n) is 2.72. The van der Waals surface area contributed by atoms with Crippen molar-refractivity contribution in [3.8, 4) is 6.07 Å². The van der Waals surface area contributed by atoms with Crippen molar-refractivity contribution in [1.29, 1.82) is 5.26 Å². The first-order chi connectivity index (χ1) is 6.83. The molecule has 1 saturated carbocycles. The molecule has 0 N–H and O–H groups in total. The molecule has 1 aliphatic carbocycles. The number of carbonyl (C=O) groups is 1. The molecule has 1 amide bonds. The van der Waals surface area contributed by atoms with Gasteiger partial charge in [0.05, 0.1) is 6.07 Å². The molecule has 0 aromatic carbocycles. The minimum atomic E-state index is -0.274. The molecule has 0 radical (unpaired) electrons. The van der Waals surface area contributed by atoms with E-state index in [1.54, 1.807) is 4.90 Å². The molecule has 4 nitrogen and oxygen atoms in total. The lowest BCUT2D eigenvalue weighted by atomic mass is 10.2. The first kappa shape index (κ1) is 9.47. The Kier molecular flexibility index (Phi) is 2.69. The average Bonchev–Trinajstić information content (AvgIpc) is 2.88. The summed E-state index contributed by atoms with van der Waals surface area (Å²) in [4.78, 5) is 13.5. The SMILES string of the molecule is N#CCN(C(=O)C1CCCO1)C1CC1. The van der Waals surface area contributed by atoms with E-state index in [2.05, 4.69) is 0 Å². The van der Waals surface area contributed by atoms with Crippen molar-refractivity contribution in [2.24, 2.45) is 0 Å². The van der Waals surface area contributed by atoms with Crippen LogP contribution in [0.1, 0.15) is 25.7 Å². The molecule has 0 bridgehead atoms. The lowest BCUT2D eigenvalue weighted by molar-refractivity contribution is -0.140. The third kappa shape index (κ3) is 1.88. The van der Waals surface area contributed by atoms with Gasteiger partial charge in [-0.05, 0) is 25.7 Å². The molecule has 1 atom stereocenters. The monoisotopic (exact) mass is 194 g/mol. The predicted octanol–water partition coefficient (Wildman–Crippen LogP) is 0.680. The van der Waals surface area contributed by atoms with Crippen LogP contribution in [0.25, 0.3) is 0 Å². The Balaban J connectivity index is 1.95. The number of hydrogen-bond donors (Lipinski definition) is 0. The highest BCUT2D eigenvalue weighted by atomic mass is 16.5. The number of nitrogens with zero attached hydrogens (tertiary/aromatic N) is 2. The minimum Gasteiger partial charge on any atom is -0.368 e. The van der Waals surface area contributed by atoms with Gasteiger partial charge in [-0.1, -0.05) is 0 Å². The van der Waals surface area contributed by atoms with E-state index in [4.69, 9.17) is 10.00 Å². The van der Waals surface area contributed by atoms with Crippen LogP contribution in [-0.2, 0) is 9.53 Å². The Hall–Kier alpha value is -1.08. The molecule has 1 saturated heterocycles. The second-order valence-electron chi connectivity index (χ2n) is 3.86. The van der Waals surface area contributed by atoms with Crippen molar-refractivity contribution in [3.05, 3.63) is 0 Å². The van der Waals surface area contributed by atoms with Gasteiger partial charge in [-0.25, -0.2) is 0 Å². The van der Waals surface area contributed by atoms with Crippen LogP contribution < -0.4 is 0 Å². The van der Waals surface area contributed by atoms with Crippen LogP contribution in [0.5, 0.6) is 0 Å². The molecule has 1 unspecified atom stereocenters. The Bertz CT molecular complexity index is 262. The van der Waals surface area contributed by atoms with Crippen LogP contribution in [-0.4, -0.2) is 36.1 Å². The molecule has 1 aliphatic heterocycles. The zero-order chi connectivity index (χ0) is 9.97. The van der Waals surface area contributed by atoms with Gasteiger partial charge in [0.15, 0.2) is 0 Å². The molecule has 2 fully saturated rings. The summed E-state index contributed by atoms with van der Waals surface area (Å²) < 4.78 is 5.32. The number of carbonyl (C=O) groups excluding carboxylic acids is 1. The molecular formula is C10H14N2O2. The minimum absolute atomic E-state index is 0.0200. The predicted molar refractivity (Wildman–Crippen MR) is 49.3 cm³/mol. The van der Waals surface area contributed by atoms with Gasteiger partial charge in [0.2, 0.25) is 0 Å². The van der Waals surface area contributed by atoms with Gasteiger partial charge in [-0.2, -0.15) is 5.26 Å². The van der Waals surface area contributed by atoms with E-state index in [1.807, 2.05) is 6.07 Å². The van der Waals surface area contributed by atoms with E-state index in [1.165, 1.54) is 0 Å². The van der Waals surface area contributed by atoms with E-state index in [0.29, 0.717) is 12.6 Å². The highest BCUT2D eigenvalue weighted by Crippen LogP contribution is 2.28. The van der Waals surface area contributed by atoms with E-state index in [-0.39, 0.29) is 18.6 Å². The smallest absolute Gasteiger partial charge is 0.252 e. The first-order valence-corrected chi connectivity index (χ1v) is 5.12. The lowest BCUT2D eigenvalue weighted by Gasteiger charge is -2.22. The van der Waals surface area contributed by atoms with Crippen LogP contribution in [0.15, 0.2) is 0 Å². The number of amides is 1. The zero-order valence-electron chi connectivity index (χ0n) is 8.11. The highest BCUT2D eigenvalue weighted by molar-refractivity contribution is 5.82. The maximum atomic E-state index is 11.9. The number of hydrogen-bond acceptors (Lipinski definition) is 3. The molecule has 2 rings (SSSR count). The van der Waals surface area contributed by atoms with Crippen molar-refractivity contribution < 1.29 is 9.53 Å². The van der Waals surface area contributed by atoms with E-state index in [0.717, 1.165) is 25.7 Å². The molecule has 76 valence electrons. The fraction of sp³-hybridized carbons (Fsp3) is 0.800. The summed E-state index contributed by atoms with van der Waals surface area (Å²) in [5, 5.41) is 8.62. The van der Waals surface area contributed by atoms with Crippen molar-refractivity contribution in [2.45, 2.75) is 37.8 Å². The maximum absolute atomic E-state index is 11.9. The van der Waals surface area contributed by atoms with Gasteiger partial charge < -0.3 is 9.64 Å². The fourth-order valence-corrected chi connectivity index (χ4v) is 1.81. The normalized spacial score (nSPS) is 25.8. The van der Waals surface area contributed by atoms with Gasteiger partial charge in [-0.15, -0.1) is 0 Å². The summed E-state index contributed by atoms with van der Waals surface area (Å²) >= 11 is 0. The number of rotatable bonds is 3. The van der Waals surface area contributed by atoms with Gasteiger partial charge in [0.1, 0.15) is 12.6 Å². The van der Waals surface area contributed by atoms with Crippen LogP contribution in [0.3, 0.4) is 0 Å². The van der Waals surface area contributed by atoms with Gasteiger partial charge in [-0.3, -0.25) is 4.79 Å². The summed E-state index contributed by atoms with van der Waals surface area (Å²) in [5.41, 5.74) is 0. The van der Waals surface area contributed by atoms with Crippen LogP contribution >= 0.6 is 0 Å². The molecular weight excluding hydrogens is 180 g/mol. The highest BCUT2D eigenvalue weighted by Gasteiger charge is 2.37. The van der Waals surface area contributed by atoms with Crippen molar-refractivity contribution >= 4 is 5.91 Å². The van der Waals surface area contributed by atoms with E-state index in [9.17, 15) is 4.79 Å². The quantitative estimate of drug-likeness (QED) is 0.621. The van der Waals surface area contributed by atoms with E-state index >= 15 is 0 Å². The Morgan fingerprint density at radius 2 is 2.29 bits per heavy atom. The molecule has 0 spiro atoms. The lowest BCUT2D eigenvalue weighted by Crippen LogP contribution is -2.40. The fourth-order valence-electron chi connectivity index (χ4n) is 1.81. The second kappa shape index (κ2) is 3.97. The van der Waals surface area contributed by atoms with Crippen molar-refractivity contribution in [1.82, 2.24) is 4.90 Å². The Morgan fingerprint density at radius 1 is 1.50 bits per heavy atom. The summed E-state index contributed by atoms with van der Waals surface area (Å²) in [7, 11) is 0. The second-order valence-corrected chi connectivity index (χ2v) is 3.86. The third-order valence-corrected chi connectivity index (χ3v) is 2.72. The van der Waals surface area contributed by atoms with Gasteiger partial charge >= 0.3 is 0 Å². The summed E-state index contributed by atoms with van der Waals surface area (Å²) in [6.45, 7) is 0.894. The molecule has 1 heterocycles. The molecule has 0 aromatic heterocycles. The van der Waals surface area contributed by atoms with Crippen molar-refractivity contribution in [2.75, 3.05) is 13.2 Å². The van der Waals surface area contributed by atoms with Crippen molar-refractivity contribution in [3.63, 3.8) is 0 Å². The van der Waals surface area contributed by atoms with E-state index < -0.39 is 0 Å². The number of ether oxygens (including phenoxy) is 1. The maximum Gasteiger partial charge on any atom is 0.252 e. The van der Waals surface area contributed by atoms with Crippen LogP contribution in [0.2, 0.25) is 0 Å². The largest absolute Gasteiger partial charge is 0.368 e. The standard InChI is InChI=1S/C10H14N2O2/c11-5-6-12(8-3-4-8)10(13)9-2-1-7-14-9/h8-9H,1-4,6-7H2. The van der Waals surface area contributed by atoms with Crippen LogP contribution in [0, 0.1) is 11.3 Å². The first-order valence-electron chi connectivity index (χ1n) is 5.12. The van der Waals surface area contributed by atoms with Crippen LogP contribution in [0.4, 0.5) is 0 Å². The van der Waals surface area contributed by atoms with Gasteiger partial charge in [0.25, 0.3) is 5.91 Å². The molecule has 0 aromatic rings. The Labute approximate surface area is 83.4 Å². The molecule has 4 heteroatoms. The summed E-state index contributed by atoms with van der Waals surface area (Å²) in [6.07, 6.45) is 3.58. The average molecular weight is 194 g/mol. The molecule has 14 heavy (non-hydrogen) atoms. The number of nitriles is 1. The molecule has 2 aliphatic rings. The topological polar surface area (TPSA) is 53.3 Å². The van der Waals surface area contributed by atoms with Gasteiger partial charge in [0, 0.05) is 12.6 Å². The zero-order valence-corrected chi connectivity index (χ0v) is 8.11. The summed E-state index contributed by atoms with van der Waals surface area (Å²) in [6, 6.07) is 2.35.